The molecule has 106 valence electrons. The molecule has 19 heavy (non-hydrogen) atoms. The Hall–Kier alpha value is -0.930. The van der Waals surface area contributed by atoms with Crippen molar-refractivity contribution in [2.24, 2.45) is 5.92 Å². The zero-order valence-electron chi connectivity index (χ0n) is 11.8. The van der Waals surface area contributed by atoms with Gasteiger partial charge in [-0.05, 0) is 30.5 Å². The maximum absolute atomic E-state index is 6.26. The lowest BCUT2D eigenvalue weighted by molar-refractivity contribution is 0.297. The van der Waals surface area contributed by atoms with Crippen LogP contribution in [0.5, 0.6) is 11.5 Å². The van der Waals surface area contributed by atoms with Crippen LogP contribution in [-0.2, 0) is 6.54 Å². The van der Waals surface area contributed by atoms with E-state index in [0.29, 0.717) is 35.9 Å². The first-order valence-corrected chi connectivity index (χ1v) is 7.27. The normalized spacial score (nSPS) is 16.3. The van der Waals surface area contributed by atoms with Crippen LogP contribution in [0.2, 0.25) is 5.02 Å². The monoisotopic (exact) mass is 283 g/mol. The molecule has 1 aliphatic rings. The van der Waals surface area contributed by atoms with Crippen molar-refractivity contribution < 1.29 is 9.47 Å². The highest BCUT2D eigenvalue weighted by atomic mass is 35.5. The summed E-state index contributed by atoms with van der Waals surface area (Å²) in [6.07, 6.45) is 0.892. The molecule has 0 radical (unpaired) electrons. The van der Waals surface area contributed by atoms with E-state index < -0.39 is 0 Å². The van der Waals surface area contributed by atoms with E-state index in [1.54, 1.807) is 0 Å². The second kappa shape index (κ2) is 6.49. The standard InChI is InChI=1S/C15H22ClNO2/c1-10(2)11(3)17-9-12-7-13(16)15-14(8-12)18-5-4-6-19-15/h7-8,10-11,17H,4-6,9H2,1-3H3. The van der Waals surface area contributed by atoms with E-state index in [1.807, 2.05) is 12.1 Å². The second-order valence-electron chi connectivity index (χ2n) is 5.37. The lowest BCUT2D eigenvalue weighted by Gasteiger charge is -2.18. The van der Waals surface area contributed by atoms with Crippen LogP contribution in [0, 0.1) is 5.92 Å². The van der Waals surface area contributed by atoms with Crippen molar-refractivity contribution in [2.45, 2.75) is 39.8 Å². The molecule has 0 saturated carbocycles. The van der Waals surface area contributed by atoms with E-state index in [9.17, 15) is 0 Å². The number of hydrogen-bond donors (Lipinski definition) is 1. The Morgan fingerprint density at radius 2 is 1.95 bits per heavy atom. The molecular formula is C15H22ClNO2. The van der Waals surface area contributed by atoms with Crippen molar-refractivity contribution in [1.29, 1.82) is 0 Å². The van der Waals surface area contributed by atoms with Gasteiger partial charge in [-0.15, -0.1) is 0 Å². The summed E-state index contributed by atoms with van der Waals surface area (Å²) < 4.78 is 11.3. The first kappa shape index (κ1) is 14.5. The first-order chi connectivity index (χ1) is 9.08. The van der Waals surface area contributed by atoms with Gasteiger partial charge in [0.1, 0.15) is 0 Å². The van der Waals surface area contributed by atoms with Gasteiger partial charge in [-0.1, -0.05) is 25.4 Å². The largest absolute Gasteiger partial charge is 0.489 e. The summed E-state index contributed by atoms with van der Waals surface area (Å²) in [6.45, 7) is 8.74. The predicted molar refractivity (Wildman–Crippen MR) is 78.2 cm³/mol. The first-order valence-electron chi connectivity index (χ1n) is 6.89. The van der Waals surface area contributed by atoms with Crippen molar-refractivity contribution in [2.75, 3.05) is 13.2 Å². The summed E-state index contributed by atoms with van der Waals surface area (Å²) >= 11 is 6.26. The molecule has 1 aliphatic heterocycles. The Morgan fingerprint density at radius 1 is 1.21 bits per heavy atom. The van der Waals surface area contributed by atoms with Crippen LogP contribution < -0.4 is 14.8 Å². The zero-order chi connectivity index (χ0) is 13.8. The molecule has 0 bridgehead atoms. The van der Waals surface area contributed by atoms with E-state index >= 15 is 0 Å². The minimum absolute atomic E-state index is 0.467. The van der Waals surface area contributed by atoms with Gasteiger partial charge in [-0.3, -0.25) is 0 Å². The molecular weight excluding hydrogens is 262 g/mol. The van der Waals surface area contributed by atoms with Gasteiger partial charge in [0.2, 0.25) is 0 Å². The number of ether oxygens (including phenoxy) is 2. The van der Waals surface area contributed by atoms with Crippen molar-refractivity contribution in [3.63, 3.8) is 0 Å². The van der Waals surface area contributed by atoms with E-state index in [2.05, 4.69) is 26.1 Å². The van der Waals surface area contributed by atoms with Crippen LogP contribution in [0.15, 0.2) is 12.1 Å². The lowest BCUT2D eigenvalue weighted by atomic mass is 10.1. The Labute approximate surface area is 120 Å². The number of benzene rings is 1. The maximum atomic E-state index is 6.26. The Morgan fingerprint density at radius 3 is 2.68 bits per heavy atom. The molecule has 1 heterocycles. The number of rotatable bonds is 4. The van der Waals surface area contributed by atoms with Gasteiger partial charge in [-0.2, -0.15) is 0 Å². The minimum atomic E-state index is 0.467. The highest BCUT2D eigenvalue weighted by Gasteiger charge is 2.16. The molecule has 0 saturated heterocycles. The summed E-state index contributed by atoms with van der Waals surface area (Å²) in [4.78, 5) is 0. The molecule has 4 heteroatoms. The Bertz CT molecular complexity index is 434. The van der Waals surface area contributed by atoms with Gasteiger partial charge < -0.3 is 14.8 Å². The molecule has 3 nitrogen and oxygen atoms in total. The molecule has 1 N–H and O–H groups in total. The highest BCUT2D eigenvalue weighted by molar-refractivity contribution is 6.32. The number of fused-ring (bicyclic) bond motifs is 1. The minimum Gasteiger partial charge on any atom is -0.489 e. The number of halogens is 1. The quantitative estimate of drug-likeness (QED) is 0.915. The molecule has 0 aromatic heterocycles. The van der Waals surface area contributed by atoms with E-state index in [4.69, 9.17) is 21.1 Å². The van der Waals surface area contributed by atoms with E-state index in [-0.39, 0.29) is 0 Å². The van der Waals surface area contributed by atoms with Crippen LogP contribution >= 0.6 is 11.6 Å². The Kier molecular flexibility index (Phi) is 4.94. The number of hydrogen-bond acceptors (Lipinski definition) is 3. The van der Waals surface area contributed by atoms with Gasteiger partial charge in [0.05, 0.1) is 18.2 Å². The molecule has 1 aromatic carbocycles. The van der Waals surface area contributed by atoms with Crippen molar-refractivity contribution in [3.8, 4) is 11.5 Å². The highest BCUT2D eigenvalue weighted by Crippen LogP contribution is 2.37. The lowest BCUT2D eigenvalue weighted by Crippen LogP contribution is -2.30. The van der Waals surface area contributed by atoms with Gasteiger partial charge >= 0.3 is 0 Å². The van der Waals surface area contributed by atoms with Crippen LogP contribution in [0.1, 0.15) is 32.8 Å². The molecule has 0 amide bonds. The summed E-state index contributed by atoms with van der Waals surface area (Å²) in [6, 6.07) is 4.44. The third-order valence-electron chi connectivity index (χ3n) is 3.49. The molecule has 0 aliphatic carbocycles. The van der Waals surface area contributed by atoms with E-state index in [1.165, 1.54) is 0 Å². The van der Waals surface area contributed by atoms with Crippen LogP contribution in [-0.4, -0.2) is 19.3 Å². The third-order valence-corrected chi connectivity index (χ3v) is 3.77. The maximum Gasteiger partial charge on any atom is 0.179 e. The fraction of sp³-hybridized carbons (Fsp3) is 0.600. The fourth-order valence-electron chi connectivity index (χ4n) is 1.90. The zero-order valence-corrected chi connectivity index (χ0v) is 12.6. The third kappa shape index (κ3) is 3.77. The Balaban J connectivity index is 2.10. The van der Waals surface area contributed by atoms with Crippen LogP contribution in [0.4, 0.5) is 0 Å². The molecule has 1 atom stereocenters. The van der Waals surface area contributed by atoms with Gasteiger partial charge in [0, 0.05) is 19.0 Å². The van der Waals surface area contributed by atoms with Gasteiger partial charge in [-0.25, -0.2) is 0 Å². The summed E-state index contributed by atoms with van der Waals surface area (Å²) in [5.74, 6) is 2.05. The molecule has 1 aromatic rings. The summed E-state index contributed by atoms with van der Waals surface area (Å²) in [5, 5.41) is 4.13. The molecule has 2 rings (SSSR count). The average molecular weight is 284 g/mol. The average Bonchev–Trinajstić information content (AvgIpc) is 2.61. The predicted octanol–water partition coefficient (Wildman–Crippen LogP) is 3.64. The van der Waals surface area contributed by atoms with Crippen LogP contribution in [0.25, 0.3) is 0 Å². The molecule has 0 fully saturated rings. The summed E-state index contributed by atoms with van der Waals surface area (Å²) in [5.41, 5.74) is 1.13. The van der Waals surface area contributed by atoms with Crippen molar-refractivity contribution in [3.05, 3.63) is 22.7 Å². The fourth-order valence-corrected chi connectivity index (χ4v) is 2.19. The topological polar surface area (TPSA) is 30.5 Å². The van der Waals surface area contributed by atoms with Crippen molar-refractivity contribution in [1.82, 2.24) is 5.32 Å². The van der Waals surface area contributed by atoms with Gasteiger partial charge in [0.25, 0.3) is 0 Å². The molecule has 1 unspecified atom stereocenters. The van der Waals surface area contributed by atoms with Crippen LogP contribution in [0.3, 0.4) is 0 Å². The SMILES string of the molecule is CC(C)C(C)NCc1cc(Cl)c2c(c1)OCCCO2. The molecule has 0 spiro atoms. The smallest absolute Gasteiger partial charge is 0.179 e. The number of nitrogens with one attached hydrogen (secondary N) is 1. The summed E-state index contributed by atoms with van der Waals surface area (Å²) in [7, 11) is 0. The second-order valence-corrected chi connectivity index (χ2v) is 5.78. The van der Waals surface area contributed by atoms with Crippen molar-refractivity contribution >= 4 is 11.6 Å². The van der Waals surface area contributed by atoms with E-state index in [0.717, 1.165) is 24.3 Å². The van der Waals surface area contributed by atoms with Gasteiger partial charge in [0.15, 0.2) is 11.5 Å².